The molecule has 8 heteroatoms. The van der Waals surface area contributed by atoms with Gasteiger partial charge in [0.2, 0.25) is 0 Å². The first-order valence-corrected chi connectivity index (χ1v) is 29.4. The first kappa shape index (κ1) is 51.6. The Morgan fingerprint density at radius 3 is 1.23 bits per heavy atom. The van der Waals surface area contributed by atoms with Gasteiger partial charge in [0.1, 0.15) is 0 Å². The number of fused-ring (bicyclic) bond motifs is 1. The van der Waals surface area contributed by atoms with Crippen LogP contribution < -0.4 is 0 Å². The quantitative estimate of drug-likeness (QED) is 0.0472. The summed E-state index contributed by atoms with van der Waals surface area (Å²) in [4.78, 5) is 45.0. The number of rotatable bonds is 31. The Bertz CT molecular complexity index is 2160. The lowest BCUT2D eigenvalue weighted by atomic mass is 9.95. The van der Waals surface area contributed by atoms with E-state index < -0.39 is 0 Å². The number of nitrogens with zero attached hydrogens (tertiary/aromatic N) is 2. The maximum absolute atomic E-state index is 15.5. The van der Waals surface area contributed by atoms with Crippen LogP contribution in [0, 0.1) is 32.6 Å². The third-order valence-corrected chi connectivity index (χ3v) is 18.9. The Labute approximate surface area is 411 Å². The van der Waals surface area contributed by atoms with E-state index in [4.69, 9.17) is 0 Å². The van der Waals surface area contributed by atoms with Crippen LogP contribution in [0.1, 0.15) is 207 Å². The van der Waals surface area contributed by atoms with Crippen molar-refractivity contribution in [1.29, 1.82) is 0 Å². The Balaban J connectivity index is 1.37. The summed E-state index contributed by atoms with van der Waals surface area (Å²) in [5, 5.41) is 0. The second-order valence-corrected chi connectivity index (χ2v) is 24.1. The van der Waals surface area contributed by atoms with Gasteiger partial charge in [-0.2, -0.15) is 0 Å². The van der Waals surface area contributed by atoms with Gasteiger partial charge >= 0.3 is 0 Å². The van der Waals surface area contributed by atoms with Gasteiger partial charge < -0.3 is 9.80 Å². The van der Waals surface area contributed by atoms with E-state index in [1.807, 2.05) is 22.7 Å². The number of thiophene rings is 4. The van der Waals surface area contributed by atoms with Gasteiger partial charge in [-0.25, -0.2) is 0 Å². The number of hydrogen-bond donors (Lipinski definition) is 0. The van der Waals surface area contributed by atoms with E-state index in [1.54, 1.807) is 22.7 Å². The van der Waals surface area contributed by atoms with Crippen LogP contribution >= 0.6 is 45.3 Å². The van der Waals surface area contributed by atoms with E-state index in [0.717, 1.165) is 105 Å². The Morgan fingerprint density at radius 2 is 0.815 bits per heavy atom. The molecule has 356 valence electrons. The van der Waals surface area contributed by atoms with Crippen molar-refractivity contribution in [2.24, 2.45) is 11.8 Å². The molecule has 0 fully saturated rings. The number of unbranched alkanes of at least 4 members (excludes halogenated alkanes) is 13. The summed E-state index contributed by atoms with van der Waals surface area (Å²) in [5.41, 5.74) is 5.80. The standard InChI is InChI=1S/C57H82N2O2S4/c1-9-14-19-20-21-22-23-24-25-26-31-45-37-51(63-42(45)8)47-33-35-49(65-47)55-53-52(56(60)59(55)39-44(29-17-12-4)30-18-13-5)54(48-34-32-46(64-48)50-36-40(6)41(7)62-50)58(57(53)61)38-43(27-15-10-2)28-16-11-3/h32-37,43-44H,9-31,38-39H2,1-8H3. The summed E-state index contributed by atoms with van der Waals surface area (Å²) in [6.07, 6.45) is 28.3. The molecule has 0 N–H and O–H groups in total. The Hall–Kier alpha value is -2.78. The highest BCUT2D eigenvalue weighted by Crippen LogP contribution is 2.51. The number of hydrogen-bond acceptors (Lipinski definition) is 6. The van der Waals surface area contributed by atoms with Crippen molar-refractivity contribution < 1.29 is 9.59 Å². The average molecular weight is 956 g/mol. The molecule has 0 radical (unpaired) electrons. The van der Waals surface area contributed by atoms with Crippen LogP contribution in [0.4, 0.5) is 0 Å². The van der Waals surface area contributed by atoms with Crippen LogP contribution in [-0.2, 0) is 16.0 Å². The van der Waals surface area contributed by atoms with Crippen LogP contribution in [0.15, 0.2) is 47.5 Å². The normalized spacial score (nSPS) is 14.3. The summed E-state index contributed by atoms with van der Waals surface area (Å²) < 4.78 is 0. The van der Waals surface area contributed by atoms with Gasteiger partial charge in [-0.1, -0.05) is 144 Å². The molecule has 6 rings (SSSR count). The van der Waals surface area contributed by atoms with Crippen molar-refractivity contribution in [2.45, 2.75) is 203 Å². The molecule has 4 aromatic rings. The van der Waals surface area contributed by atoms with Crippen LogP contribution in [0.25, 0.3) is 30.9 Å². The SMILES string of the molecule is CCCCCCCCCCCCc1cc(-c2ccc(C3=C4C(=O)N(CC(CCCC)CCCC)C(c5ccc(-c6cc(C)c(C)s6)s5)=C4C(=O)N3CC(CCCC)CCCC)s2)sc1C. The van der Waals surface area contributed by atoms with E-state index in [0.29, 0.717) is 36.1 Å². The molecule has 0 aliphatic carbocycles. The highest BCUT2D eigenvalue weighted by atomic mass is 32.1. The Kier molecular flexibility index (Phi) is 20.7. The van der Waals surface area contributed by atoms with E-state index in [9.17, 15) is 0 Å². The van der Waals surface area contributed by atoms with Crippen molar-refractivity contribution in [3.8, 4) is 19.5 Å². The van der Waals surface area contributed by atoms with Crippen molar-refractivity contribution in [2.75, 3.05) is 13.1 Å². The monoisotopic (exact) mass is 955 g/mol. The third kappa shape index (κ3) is 13.3. The largest absolute Gasteiger partial charge is 0.306 e. The lowest BCUT2D eigenvalue weighted by Gasteiger charge is -2.29. The fourth-order valence-electron chi connectivity index (χ4n) is 9.98. The molecule has 0 unspecified atom stereocenters. The van der Waals surface area contributed by atoms with Gasteiger partial charge in [0.05, 0.1) is 32.3 Å². The molecule has 65 heavy (non-hydrogen) atoms. The minimum Gasteiger partial charge on any atom is -0.306 e. The molecule has 0 saturated heterocycles. The minimum atomic E-state index is 0.0240. The van der Waals surface area contributed by atoms with Gasteiger partial charge in [-0.15, -0.1) is 45.3 Å². The predicted octanol–water partition coefficient (Wildman–Crippen LogP) is 18.5. The van der Waals surface area contributed by atoms with Gasteiger partial charge in [0.25, 0.3) is 11.8 Å². The van der Waals surface area contributed by atoms with Gasteiger partial charge in [0, 0.05) is 42.4 Å². The summed E-state index contributed by atoms with van der Waals surface area (Å²) in [5.74, 6) is 0.831. The molecule has 0 saturated carbocycles. The first-order chi connectivity index (χ1) is 31.6. The highest BCUT2D eigenvalue weighted by molar-refractivity contribution is 7.23. The van der Waals surface area contributed by atoms with Crippen LogP contribution in [0.3, 0.4) is 0 Å². The van der Waals surface area contributed by atoms with Gasteiger partial charge in [-0.3, -0.25) is 9.59 Å². The Morgan fingerprint density at radius 1 is 0.431 bits per heavy atom. The molecular formula is C57H82N2O2S4. The molecule has 0 bridgehead atoms. The van der Waals surface area contributed by atoms with Crippen molar-refractivity contribution in [3.63, 3.8) is 0 Å². The van der Waals surface area contributed by atoms with Crippen molar-refractivity contribution >= 4 is 68.6 Å². The molecule has 4 nitrogen and oxygen atoms in total. The summed E-state index contributed by atoms with van der Waals surface area (Å²) in [6.45, 7) is 19.4. The first-order valence-electron chi connectivity index (χ1n) is 26.1. The van der Waals surface area contributed by atoms with E-state index >= 15 is 9.59 Å². The molecule has 4 aromatic heterocycles. The van der Waals surface area contributed by atoms with Gasteiger partial charge in [-0.05, 0) is 119 Å². The lowest BCUT2D eigenvalue weighted by Crippen LogP contribution is -2.34. The molecule has 0 spiro atoms. The lowest BCUT2D eigenvalue weighted by molar-refractivity contribution is -0.124. The molecule has 0 aromatic carbocycles. The minimum absolute atomic E-state index is 0.0240. The molecule has 0 atom stereocenters. The maximum Gasteiger partial charge on any atom is 0.261 e. The topological polar surface area (TPSA) is 40.6 Å². The molecule has 6 heterocycles. The molecule has 2 aliphatic rings. The average Bonchev–Trinajstić information content (AvgIpc) is 4.17. The van der Waals surface area contributed by atoms with E-state index in [1.165, 1.54) is 105 Å². The summed E-state index contributed by atoms with van der Waals surface area (Å²) >= 11 is 7.27. The zero-order valence-corrected chi connectivity index (χ0v) is 44.9. The third-order valence-electron chi connectivity index (χ3n) is 14.1. The zero-order valence-electron chi connectivity index (χ0n) is 41.6. The molecule has 2 aliphatic heterocycles. The molecule has 2 amide bonds. The number of carbonyl (C=O) groups is 2. The maximum atomic E-state index is 15.5. The van der Waals surface area contributed by atoms with Gasteiger partial charge in [0.15, 0.2) is 0 Å². The van der Waals surface area contributed by atoms with E-state index in [-0.39, 0.29) is 11.8 Å². The van der Waals surface area contributed by atoms with Crippen molar-refractivity contribution in [1.82, 2.24) is 9.80 Å². The highest BCUT2D eigenvalue weighted by Gasteiger charge is 2.50. The number of amides is 2. The van der Waals surface area contributed by atoms with Crippen LogP contribution in [0.2, 0.25) is 0 Å². The summed E-state index contributed by atoms with van der Waals surface area (Å²) in [6, 6.07) is 13.6. The second-order valence-electron chi connectivity index (χ2n) is 19.4. The van der Waals surface area contributed by atoms with Crippen molar-refractivity contribution in [3.05, 3.63) is 78.2 Å². The fraction of sp³-hybridized carbons (Fsp3) is 0.614. The second kappa shape index (κ2) is 26.1. The number of carbonyl (C=O) groups excluding carboxylic acids is 2. The fourth-order valence-corrected chi connectivity index (χ4v) is 14.4. The zero-order chi connectivity index (χ0) is 46.3. The van der Waals surface area contributed by atoms with Crippen LogP contribution in [-0.4, -0.2) is 34.7 Å². The predicted molar refractivity (Wildman–Crippen MR) is 287 cm³/mol. The van der Waals surface area contributed by atoms with E-state index in [2.05, 4.69) is 102 Å². The number of aryl methyl sites for hydroxylation is 4. The van der Waals surface area contributed by atoms with Crippen LogP contribution in [0.5, 0.6) is 0 Å². The molecular weight excluding hydrogens is 873 g/mol. The smallest absolute Gasteiger partial charge is 0.261 e. The summed E-state index contributed by atoms with van der Waals surface area (Å²) in [7, 11) is 0.